The first kappa shape index (κ1) is 97.2. The Labute approximate surface area is 814 Å². The van der Waals surface area contributed by atoms with Crippen molar-refractivity contribution in [1.82, 2.24) is 34.9 Å². The maximum absolute atomic E-state index is 12.3. The van der Waals surface area contributed by atoms with Crippen LogP contribution in [0.4, 0.5) is 38.0 Å². The normalized spacial score (nSPS) is 30.3. The zero-order valence-corrected chi connectivity index (χ0v) is 87.1. The van der Waals surface area contributed by atoms with Gasteiger partial charge in [0.2, 0.25) is 0 Å². The van der Waals surface area contributed by atoms with Gasteiger partial charge in [-0.25, -0.2) is 34.9 Å². The van der Waals surface area contributed by atoms with Crippen LogP contribution in [-0.4, -0.2) is 241 Å². The number of aromatic nitrogens is 7. The summed E-state index contributed by atoms with van der Waals surface area (Å²) in [6.45, 7) is 21.9. The maximum atomic E-state index is 12.3. The van der Waals surface area contributed by atoms with Crippen LogP contribution in [0.2, 0.25) is 0 Å². The zero-order chi connectivity index (χ0) is 91.2. The third-order valence-electron chi connectivity index (χ3n) is 27.3. The summed E-state index contributed by atoms with van der Waals surface area (Å²) < 4.78 is 52.1. The molecular formula is C86H105Br7N14O16S4. The lowest BCUT2D eigenvalue weighted by Crippen LogP contribution is -2.49. The average Bonchev–Trinajstić information content (AvgIpc) is 1.53. The summed E-state index contributed by atoms with van der Waals surface area (Å²) in [6.07, 6.45) is 7.13. The van der Waals surface area contributed by atoms with Crippen molar-refractivity contribution in [2.75, 3.05) is 169 Å². The van der Waals surface area contributed by atoms with Crippen LogP contribution in [0, 0.1) is 73.9 Å². The first-order valence-electron chi connectivity index (χ1n) is 42.0. The molecule has 0 bridgehead atoms. The molecule has 13 aliphatic rings. The molecule has 7 saturated heterocycles. The molecule has 30 nitrogen and oxygen atoms in total. The molecule has 6 saturated carbocycles. The van der Waals surface area contributed by atoms with E-state index in [0.29, 0.717) is 61.7 Å². The van der Waals surface area contributed by atoms with Crippen molar-refractivity contribution in [3.8, 4) is 0 Å². The van der Waals surface area contributed by atoms with E-state index in [1.165, 1.54) is 35.5 Å². The van der Waals surface area contributed by atoms with Gasteiger partial charge in [-0.2, -0.15) is 0 Å². The Morgan fingerprint density at radius 3 is 1.31 bits per heavy atom. The van der Waals surface area contributed by atoms with E-state index in [4.69, 9.17) is 42.6 Å². The van der Waals surface area contributed by atoms with E-state index in [-0.39, 0.29) is 104 Å². The van der Waals surface area contributed by atoms with Crippen molar-refractivity contribution in [2.24, 2.45) is 73.9 Å². The van der Waals surface area contributed by atoms with Gasteiger partial charge in [0.1, 0.15) is 55.3 Å². The van der Waals surface area contributed by atoms with Crippen LogP contribution in [-0.2, 0) is 76.2 Å². The molecule has 13 fully saturated rings. The van der Waals surface area contributed by atoms with Crippen molar-refractivity contribution >= 4 is 237 Å². The number of piperidine rings is 7. The Hall–Kier alpha value is -5.86. The number of fused-ring (bicyclic) bond motifs is 6. The Morgan fingerprint density at radius 1 is 0.425 bits per heavy atom. The summed E-state index contributed by atoms with van der Waals surface area (Å²) in [5.74, 6) is 4.53. The molecule has 6 aliphatic carbocycles. The van der Waals surface area contributed by atoms with Gasteiger partial charge < -0.3 is 76.9 Å². The lowest BCUT2D eigenvalue weighted by molar-refractivity contribution is -0.166. The summed E-state index contributed by atoms with van der Waals surface area (Å²) in [7, 11) is 10.6. The van der Waals surface area contributed by atoms with Crippen molar-refractivity contribution < 1.29 is 76.2 Å². The molecule has 0 spiro atoms. The number of thiazole rings is 4. The molecule has 41 heteroatoms. The number of hydrogen-bond acceptors (Lipinski definition) is 34. The number of ether oxygens (including phenoxy) is 9. The number of nitrogens with zero attached hydrogens (tertiary/aromatic N) is 14. The predicted octanol–water partition coefficient (Wildman–Crippen LogP) is 15.9. The molecule has 7 aromatic heterocycles. The highest BCUT2D eigenvalue weighted by molar-refractivity contribution is 9.11. The molecule has 14 heterocycles. The Balaban J connectivity index is 0.000000120. The fraction of sp³-hybridized carbons (Fsp3) is 0.605. The lowest BCUT2D eigenvalue weighted by Gasteiger charge is -2.38. The van der Waals surface area contributed by atoms with Gasteiger partial charge in [0.25, 0.3) is 0 Å². The predicted molar refractivity (Wildman–Crippen MR) is 510 cm³/mol. The average molecular weight is 2280 g/mol. The summed E-state index contributed by atoms with van der Waals surface area (Å²) in [4.78, 5) is 130. The van der Waals surface area contributed by atoms with Crippen LogP contribution in [0.5, 0.6) is 0 Å². The van der Waals surface area contributed by atoms with Gasteiger partial charge in [-0.15, -0.1) is 45.3 Å². The summed E-state index contributed by atoms with van der Waals surface area (Å²) in [5.41, 5.74) is -2.07. The summed E-state index contributed by atoms with van der Waals surface area (Å²) in [5, 5.41) is 11.8. The Bertz CT molecular complexity index is 5170. The lowest BCUT2D eigenvalue weighted by atomic mass is 9.93. The second-order valence-corrected chi connectivity index (χ2v) is 44.4. The van der Waals surface area contributed by atoms with Gasteiger partial charge in [0.05, 0.1) is 99.3 Å². The Kier molecular flexibility index (Phi) is 30.4. The number of anilines is 7. The van der Waals surface area contributed by atoms with Crippen molar-refractivity contribution in [1.29, 1.82) is 0 Å². The number of halogens is 7. The highest BCUT2D eigenvalue weighted by Gasteiger charge is 2.74. The molecule has 7 aliphatic heterocycles. The second-order valence-electron chi connectivity index (χ2n) is 35.3. The first-order chi connectivity index (χ1) is 60.6. The number of carbonyl (C=O) groups excluding carboxylic acids is 7. The molecule has 0 amide bonds. The molecule has 0 unspecified atom stereocenters. The number of methoxy groups -OCH3 is 7. The number of esters is 7. The van der Waals surface area contributed by atoms with Gasteiger partial charge in [-0.3, -0.25) is 33.6 Å². The quantitative estimate of drug-likeness (QED) is 0.0438. The van der Waals surface area contributed by atoms with Gasteiger partial charge in [0, 0.05) is 120 Å². The van der Waals surface area contributed by atoms with E-state index in [9.17, 15) is 33.6 Å². The van der Waals surface area contributed by atoms with Gasteiger partial charge in [-0.05, 0) is 276 Å². The van der Waals surface area contributed by atoms with Crippen LogP contribution >= 0.6 is 157 Å². The van der Waals surface area contributed by atoms with Crippen LogP contribution in [0.25, 0.3) is 0 Å². The molecule has 688 valence electrons. The van der Waals surface area contributed by atoms with E-state index in [1.54, 1.807) is 59.6 Å². The molecule has 17 atom stereocenters. The molecule has 7 aromatic rings. The fourth-order valence-electron chi connectivity index (χ4n) is 20.1. The first-order valence-corrected chi connectivity index (χ1v) is 51.1. The van der Waals surface area contributed by atoms with E-state index < -0.39 is 5.60 Å². The zero-order valence-electron chi connectivity index (χ0n) is 72.8. The summed E-state index contributed by atoms with van der Waals surface area (Å²) >= 11 is 30.0. The van der Waals surface area contributed by atoms with Crippen LogP contribution in [0.1, 0.15) is 92.9 Å². The highest BCUT2D eigenvalue weighted by Crippen LogP contribution is 2.67. The number of carbonyl (C=O) groups is 7. The third kappa shape index (κ3) is 20.2. The fourth-order valence-corrected chi connectivity index (χ4v) is 26.3. The molecule has 0 radical (unpaired) electrons. The number of rotatable bonds is 18. The van der Waals surface area contributed by atoms with E-state index in [0.717, 1.165) is 181 Å². The van der Waals surface area contributed by atoms with Crippen molar-refractivity contribution in [2.45, 2.75) is 123 Å². The Morgan fingerprint density at radius 2 is 0.835 bits per heavy atom. The van der Waals surface area contributed by atoms with Crippen molar-refractivity contribution in [3.63, 3.8) is 0 Å². The van der Waals surface area contributed by atoms with Crippen LogP contribution in [0.15, 0.2) is 108 Å². The minimum Gasteiger partial charge on any atom is -0.469 e. The molecular weight excluding hydrogens is 2170 g/mol. The minimum absolute atomic E-state index is 0.00923. The van der Waals surface area contributed by atoms with E-state index in [2.05, 4.69) is 195 Å². The van der Waals surface area contributed by atoms with E-state index >= 15 is 0 Å². The smallest absolute Gasteiger partial charge is 0.314 e. The standard InChI is InChI=1S/C16H23BrN2O3.C13H15BrN2O2.C12H15BrN2O3S.C12H15BrN2O2S.C12H13BrN2O2.C11H13BrN2O2S.C10H11BrN2O2S/c1-16(2,3)22-15(20)11-8-9-19(10-12(11)21-4)14-7-5-6-13(17)18-14;1-8-13(12(17)18-2)6-9(13)7-16(8)11-5-3-4-10(14)15-11;1-17-5-8-12(10(16)18-2)3-7(12)4-15(8)11-14-9(13)6-19-11;1-2-17-10(16)12-3-4-15(6-8(12)5-12)11-14-9(13)7-18-11;1-17-11(16)12-5-8(12)6-15(7-12)10-4-2-3-9(13)14-10;1-6-11(9(15)16-2)3-7(11)4-14(6)10-13-8(12)5-17-10;1-15-8(14)10-2-6(10)3-13(5-10)9-12-7(11)4-16-9/h5-7,11-12H,8-10H2,1-4H3;3-5,8-9H,6-7H2,1-2H3;6-8H,3-5H2,1-2H3;7-8H,2-6H2,1H3;2-4,8H,5-7H2,1H3;5-7H,3-4H2,1-2H3;4,6H,2-3,5H2,1H3/t11-,12+;8-,9-,13-;7-,8+,12+;8-,12+;8-,12-;6-,7+,11+;6-,10-/m1000010/s1. The van der Waals surface area contributed by atoms with E-state index in [1.807, 2.05) is 104 Å². The second kappa shape index (κ2) is 39.7. The van der Waals surface area contributed by atoms with Crippen molar-refractivity contribution in [3.05, 3.63) is 108 Å². The highest BCUT2D eigenvalue weighted by atomic mass is 79.9. The molecule has 0 N–H and O–H groups in total. The molecule has 127 heavy (non-hydrogen) atoms. The number of pyridine rings is 3. The molecule has 0 aromatic carbocycles. The van der Waals surface area contributed by atoms with Crippen LogP contribution < -0.4 is 34.3 Å². The van der Waals surface area contributed by atoms with Gasteiger partial charge in [-0.1, -0.05) is 18.2 Å². The monoisotopic (exact) mass is 2270 g/mol. The minimum atomic E-state index is -0.474. The third-order valence-corrected chi connectivity index (χ3v) is 35.0. The maximum Gasteiger partial charge on any atom is 0.314 e. The number of hydrogen-bond donors (Lipinski definition) is 0. The van der Waals surface area contributed by atoms with Gasteiger partial charge >= 0.3 is 41.8 Å². The van der Waals surface area contributed by atoms with Gasteiger partial charge in [0.15, 0.2) is 20.5 Å². The molecule has 20 rings (SSSR count). The topological polar surface area (TPSA) is 315 Å². The SMILES string of the molecule is CCOC(=O)[C@@]12CCN(c3nc(Br)cs3)C[C@@H]1C2.COC(=O)[C@]12C[C@H]1CN(c1cccc(Br)n1)C2.COC(=O)[C@]12C[C@H]1CN(c1cccc(Br)n1)[C@H]2C.COC(=O)[C@]12C[C@H]1CN(c1nc(Br)cs1)C2.COC(=O)[C@]12C[C@H]1CN(c1nc(Br)cs1)[C@@H]2C.COC[C@H]1N(c2nc(Br)cs2)C[C@@H]2C[C@@]21C(=O)OC.CO[C@H]1CN(c2cccc(Br)n2)CC[C@H]1C(=O)OC(C)(C)C. The van der Waals surface area contributed by atoms with Crippen LogP contribution in [0.3, 0.4) is 0 Å². The largest absolute Gasteiger partial charge is 0.469 e. The summed E-state index contributed by atoms with van der Waals surface area (Å²) in [6, 6.07) is 17.8.